The predicted octanol–water partition coefficient (Wildman–Crippen LogP) is 0.947. The third kappa shape index (κ3) is 2.69. The van der Waals surface area contributed by atoms with Crippen molar-refractivity contribution in [3.63, 3.8) is 0 Å². The first-order valence-corrected chi connectivity index (χ1v) is 2.83. The topological polar surface area (TPSA) is 37.3 Å². The van der Waals surface area contributed by atoms with Crippen LogP contribution in [0.5, 0.6) is 0 Å². The molecular formula is C5H8O2S. The van der Waals surface area contributed by atoms with E-state index in [0.29, 0.717) is 12.2 Å². The van der Waals surface area contributed by atoms with Gasteiger partial charge in [0.2, 0.25) is 0 Å². The van der Waals surface area contributed by atoms with E-state index in [2.05, 4.69) is 19.2 Å². The molecule has 0 radical (unpaired) electrons. The monoisotopic (exact) mass is 132 g/mol. The Balaban J connectivity index is 3.49. The van der Waals surface area contributed by atoms with Crippen LogP contribution in [0.3, 0.4) is 0 Å². The number of carboxylic acids is 1. The molecule has 0 aromatic heterocycles. The first-order chi connectivity index (χ1) is 3.68. The lowest BCUT2D eigenvalue weighted by Crippen LogP contribution is -1.98. The van der Waals surface area contributed by atoms with Crippen molar-refractivity contribution in [3.05, 3.63) is 12.2 Å². The van der Waals surface area contributed by atoms with E-state index in [4.69, 9.17) is 5.11 Å². The molecule has 0 aliphatic carbocycles. The summed E-state index contributed by atoms with van der Waals surface area (Å²) >= 11 is 3.83. The summed E-state index contributed by atoms with van der Waals surface area (Å²) in [6.07, 6.45) is 0.457. The number of carboxylic acid groups (broad SMARTS) is 1. The average molecular weight is 132 g/mol. The SMILES string of the molecule is C=C(CCS)C(=O)O. The summed E-state index contributed by atoms with van der Waals surface area (Å²) in [5.41, 5.74) is 0.222. The molecule has 0 aromatic rings. The zero-order chi connectivity index (χ0) is 6.57. The Morgan fingerprint density at radius 3 is 2.38 bits per heavy atom. The van der Waals surface area contributed by atoms with Crippen LogP contribution in [-0.4, -0.2) is 16.8 Å². The third-order valence-electron chi connectivity index (χ3n) is 0.716. The molecule has 0 fully saturated rings. The second-order valence-electron chi connectivity index (χ2n) is 1.38. The van der Waals surface area contributed by atoms with Gasteiger partial charge in [-0.2, -0.15) is 12.6 Å². The maximum atomic E-state index is 9.96. The van der Waals surface area contributed by atoms with Gasteiger partial charge >= 0.3 is 5.97 Å². The van der Waals surface area contributed by atoms with Gasteiger partial charge in [0.25, 0.3) is 0 Å². The van der Waals surface area contributed by atoms with Gasteiger partial charge < -0.3 is 5.11 Å². The molecule has 2 nitrogen and oxygen atoms in total. The molecule has 46 valence electrons. The number of carbonyl (C=O) groups is 1. The van der Waals surface area contributed by atoms with Crippen LogP contribution < -0.4 is 0 Å². The van der Waals surface area contributed by atoms with Crippen LogP contribution in [0.15, 0.2) is 12.2 Å². The summed E-state index contributed by atoms with van der Waals surface area (Å²) in [6, 6.07) is 0. The van der Waals surface area contributed by atoms with E-state index in [1.54, 1.807) is 0 Å². The lowest BCUT2D eigenvalue weighted by Gasteiger charge is -1.91. The van der Waals surface area contributed by atoms with Crippen LogP contribution in [0, 0.1) is 0 Å². The largest absolute Gasteiger partial charge is 0.478 e. The van der Waals surface area contributed by atoms with Gasteiger partial charge in [-0.1, -0.05) is 6.58 Å². The maximum absolute atomic E-state index is 9.96. The van der Waals surface area contributed by atoms with E-state index in [9.17, 15) is 4.79 Å². The van der Waals surface area contributed by atoms with Gasteiger partial charge in [-0.05, 0) is 12.2 Å². The van der Waals surface area contributed by atoms with Crippen molar-refractivity contribution in [2.75, 3.05) is 5.75 Å². The molecule has 8 heavy (non-hydrogen) atoms. The Bertz CT molecular complexity index is 109. The first kappa shape index (κ1) is 7.56. The minimum Gasteiger partial charge on any atom is -0.478 e. The summed E-state index contributed by atoms with van der Waals surface area (Å²) in [4.78, 5) is 9.96. The highest BCUT2D eigenvalue weighted by Gasteiger charge is 1.99. The Morgan fingerprint density at radius 2 is 2.25 bits per heavy atom. The minimum absolute atomic E-state index is 0.222. The van der Waals surface area contributed by atoms with Crippen LogP contribution in [0.4, 0.5) is 0 Å². The Labute approximate surface area is 53.6 Å². The van der Waals surface area contributed by atoms with E-state index < -0.39 is 5.97 Å². The van der Waals surface area contributed by atoms with Crippen molar-refractivity contribution in [2.24, 2.45) is 0 Å². The summed E-state index contributed by atoms with van der Waals surface area (Å²) < 4.78 is 0. The Morgan fingerprint density at radius 1 is 1.75 bits per heavy atom. The third-order valence-corrected chi connectivity index (χ3v) is 0.940. The van der Waals surface area contributed by atoms with Crippen LogP contribution in [0.25, 0.3) is 0 Å². The molecule has 0 unspecified atom stereocenters. The van der Waals surface area contributed by atoms with Gasteiger partial charge in [-0.25, -0.2) is 4.79 Å². The fourth-order valence-electron chi connectivity index (χ4n) is 0.242. The molecule has 0 saturated heterocycles. The van der Waals surface area contributed by atoms with E-state index in [0.717, 1.165) is 0 Å². The van der Waals surface area contributed by atoms with Crippen molar-refractivity contribution in [2.45, 2.75) is 6.42 Å². The number of rotatable bonds is 3. The van der Waals surface area contributed by atoms with Crippen LogP contribution in [0.2, 0.25) is 0 Å². The molecule has 0 amide bonds. The normalized spacial score (nSPS) is 8.62. The van der Waals surface area contributed by atoms with E-state index in [-0.39, 0.29) is 5.57 Å². The smallest absolute Gasteiger partial charge is 0.330 e. The van der Waals surface area contributed by atoms with E-state index >= 15 is 0 Å². The van der Waals surface area contributed by atoms with Crippen molar-refractivity contribution in [1.82, 2.24) is 0 Å². The summed E-state index contributed by atoms with van der Waals surface area (Å²) in [6.45, 7) is 3.30. The molecule has 0 atom stereocenters. The molecule has 1 N–H and O–H groups in total. The molecule has 3 heteroatoms. The van der Waals surface area contributed by atoms with Crippen molar-refractivity contribution in [3.8, 4) is 0 Å². The quantitative estimate of drug-likeness (QED) is 0.443. The van der Waals surface area contributed by atoms with Gasteiger partial charge in [0.05, 0.1) is 0 Å². The highest BCUT2D eigenvalue weighted by atomic mass is 32.1. The van der Waals surface area contributed by atoms with Crippen LogP contribution in [0.1, 0.15) is 6.42 Å². The van der Waals surface area contributed by atoms with Gasteiger partial charge in [0.1, 0.15) is 0 Å². The van der Waals surface area contributed by atoms with Crippen molar-refractivity contribution < 1.29 is 9.90 Å². The van der Waals surface area contributed by atoms with Crippen LogP contribution in [-0.2, 0) is 4.79 Å². The van der Waals surface area contributed by atoms with Gasteiger partial charge in [-0.3, -0.25) is 0 Å². The zero-order valence-corrected chi connectivity index (χ0v) is 5.32. The second kappa shape index (κ2) is 3.55. The summed E-state index contributed by atoms with van der Waals surface area (Å²) in [7, 11) is 0. The number of aliphatic carboxylic acids is 1. The molecule has 0 bridgehead atoms. The van der Waals surface area contributed by atoms with Gasteiger partial charge in [0.15, 0.2) is 0 Å². The average Bonchev–Trinajstić information content (AvgIpc) is 1.67. The van der Waals surface area contributed by atoms with Gasteiger partial charge in [-0.15, -0.1) is 0 Å². The molecule has 0 aromatic carbocycles. The number of thiol groups is 1. The Kier molecular flexibility index (Phi) is 3.35. The maximum Gasteiger partial charge on any atom is 0.330 e. The fraction of sp³-hybridized carbons (Fsp3) is 0.400. The lowest BCUT2D eigenvalue weighted by molar-refractivity contribution is -0.132. The van der Waals surface area contributed by atoms with Crippen molar-refractivity contribution >= 4 is 18.6 Å². The molecule has 0 saturated carbocycles. The Hall–Kier alpha value is -0.440. The lowest BCUT2D eigenvalue weighted by atomic mass is 10.2. The second-order valence-corrected chi connectivity index (χ2v) is 1.83. The molecular weight excluding hydrogens is 124 g/mol. The standard InChI is InChI=1S/C5H8O2S/c1-4(2-3-8)5(6)7/h8H,1-3H2,(H,6,7). The summed E-state index contributed by atoms with van der Waals surface area (Å²) in [5, 5.41) is 8.18. The highest BCUT2D eigenvalue weighted by molar-refractivity contribution is 7.80. The molecule has 0 spiro atoms. The number of hydrogen-bond donors (Lipinski definition) is 2. The summed E-state index contributed by atoms with van der Waals surface area (Å²) in [5.74, 6) is -0.385. The molecule has 0 aliphatic heterocycles. The predicted molar refractivity (Wildman–Crippen MR) is 35.2 cm³/mol. The number of hydrogen-bond acceptors (Lipinski definition) is 2. The molecule has 0 aliphatic rings. The first-order valence-electron chi connectivity index (χ1n) is 2.20. The molecule has 0 rings (SSSR count). The zero-order valence-electron chi connectivity index (χ0n) is 4.42. The van der Waals surface area contributed by atoms with Crippen molar-refractivity contribution in [1.29, 1.82) is 0 Å². The van der Waals surface area contributed by atoms with E-state index in [1.807, 2.05) is 0 Å². The minimum atomic E-state index is -0.931. The van der Waals surface area contributed by atoms with Gasteiger partial charge in [0, 0.05) is 5.57 Å². The van der Waals surface area contributed by atoms with Crippen LogP contribution >= 0.6 is 12.6 Å². The fourth-order valence-corrected chi connectivity index (χ4v) is 0.512. The van der Waals surface area contributed by atoms with E-state index in [1.165, 1.54) is 0 Å². The highest BCUT2D eigenvalue weighted by Crippen LogP contribution is 1.97. The molecule has 0 heterocycles.